The van der Waals surface area contributed by atoms with E-state index >= 15 is 0 Å². The summed E-state index contributed by atoms with van der Waals surface area (Å²) in [5.41, 5.74) is 0.0478. The number of nitrogens with zero attached hydrogens (tertiary/aromatic N) is 4. The Morgan fingerprint density at radius 1 is 0.831 bits per heavy atom. The summed E-state index contributed by atoms with van der Waals surface area (Å²) in [5, 5.41) is 19.0. The average molecular weight is 982 g/mol. The number of carbonyl (C=O) groups excluding carboxylic acids is 9. The van der Waals surface area contributed by atoms with Crippen LogP contribution in [0.25, 0.3) is 0 Å². The van der Waals surface area contributed by atoms with Crippen LogP contribution in [0.3, 0.4) is 0 Å². The van der Waals surface area contributed by atoms with Crippen molar-refractivity contribution < 1.29 is 47.9 Å². The molecule has 71 heavy (non-hydrogen) atoms. The standard InChI is InChI=1S/C50H67N11O10/c1-8-15-35(41(63)46(67)53-27-38(62)57-40(48(69)60(5)6)31-20-22-33(71-7)23-21-31)55-43(64)34-28-61(49(70)54-32-18-13-10-14-19-32)29-37(34)56-47(68)42(50(2,3)4)59-45(66)39(30-16-11-9-12-17-30)58-44(65)36-26-51-24-25-52-36/h10,13-14,18-26,30,34-35,37,39-40,42H,8-9,11-12,15-17,27-29H2,1-7H3,(H,53,67)(H,54,70)(H,55,64)(H,56,68)(H,57,62)(H,58,65)(H,59,66)/t34-,35+,37+,39+,40+,42-/m1/s1. The van der Waals surface area contributed by atoms with Gasteiger partial charge in [-0.1, -0.05) is 83.7 Å². The number of benzene rings is 2. The Hall–Kier alpha value is -7.45. The summed E-state index contributed by atoms with van der Waals surface area (Å²) in [5.74, 6) is -6.84. The summed E-state index contributed by atoms with van der Waals surface area (Å²) in [7, 11) is 4.54. The Kier molecular flexibility index (Phi) is 19.5. The van der Waals surface area contributed by atoms with E-state index in [9.17, 15) is 43.2 Å². The van der Waals surface area contributed by atoms with E-state index in [-0.39, 0.29) is 31.1 Å². The fourth-order valence-corrected chi connectivity index (χ4v) is 8.57. The molecule has 6 atom stereocenters. The Balaban J connectivity index is 1.32. The van der Waals surface area contributed by atoms with Crippen molar-refractivity contribution >= 4 is 58.9 Å². The van der Waals surface area contributed by atoms with E-state index in [1.54, 1.807) is 82.3 Å². The van der Waals surface area contributed by atoms with Gasteiger partial charge in [-0.3, -0.25) is 43.3 Å². The predicted octanol–water partition coefficient (Wildman–Crippen LogP) is 2.26. The summed E-state index contributed by atoms with van der Waals surface area (Å²) in [4.78, 5) is 134. The lowest BCUT2D eigenvalue weighted by Crippen LogP contribution is -2.61. The predicted molar refractivity (Wildman–Crippen MR) is 261 cm³/mol. The van der Waals surface area contributed by atoms with Gasteiger partial charge >= 0.3 is 6.03 Å². The van der Waals surface area contributed by atoms with Crippen LogP contribution in [0.1, 0.15) is 94.7 Å². The molecule has 1 aromatic heterocycles. The van der Waals surface area contributed by atoms with Gasteiger partial charge in [-0.15, -0.1) is 0 Å². The van der Waals surface area contributed by atoms with Crippen LogP contribution in [0.4, 0.5) is 10.5 Å². The molecule has 2 aromatic carbocycles. The van der Waals surface area contributed by atoms with E-state index in [1.807, 2.05) is 0 Å². The van der Waals surface area contributed by atoms with Gasteiger partial charge in [0.15, 0.2) is 0 Å². The van der Waals surface area contributed by atoms with Gasteiger partial charge in [0.2, 0.25) is 35.3 Å². The van der Waals surface area contributed by atoms with E-state index < -0.39 is 101 Å². The molecule has 1 saturated heterocycles. The molecule has 21 nitrogen and oxygen atoms in total. The van der Waals surface area contributed by atoms with Crippen LogP contribution in [-0.2, 0) is 33.6 Å². The maximum Gasteiger partial charge on any atom is 0.321 e. The van der Waals surface area contributed by atoms with Crippen LogP contribution < -0.4 is 42.0 Å². The number of carbonyl (C=O) groups is 9. The zero-order chi connectivity index (χ0) is 51.8. The zero-order valence-corrected chi connectivity index (χ0v) is 41.4. The summed E-state index contributed by atoms with van der Waals surface area (Å²) in [6.45, 7) is 5.97. The number of methoxy groups -OCH3 is 1. The zero-order valence-electron chi connectivity index (χ0n) is 41.4. The Morgan fingerprint density at radius 2 is 1.52 bits per heavy atom. The third kappa shape index (κ3) is 15.3. The molecule has 0 unspecified atom stereocenters. The van der Waals surface area contributed by atoms with Crippen molar-refractivity contribution in [2.24, 2.45) is 17.3 Å². The van der Waals surface area contributed by atoms with Crippen LogP contribution in [0.2, 0.25) is 0 Å². The fraction of sp³-hybridized carbons (Fsp3) is 0.500. The van der Waals surface area contributed by atoms with E-state index in [4.69, 9.17) is 4.74 Å². The van der Waals surface area contributed by atoms with E-state index in [1.165, 1.54) is 49.6 Å². The number of urea groups is 1. The van der Waals surface area contributed by atoms with Gasteiger partial charge < -0.3 is 51.8 Å². The molecule has 2 heterocycles. The highest BCUT2D eigenvalue weighted by Crippen LogP contribution is 2.29. The fourth-order valence-electron chi connectivity index (χ4n) is 8.57. The van der Waals surface area contributed by atoms with Crippen molar-refractivity contribution in [2.45, 2.75) is 103 Å². The molecule has 9 amide bonds. The quantitative estimate of drug-likeness (QED) is 0.0804. The molecule has 2 aliphatic rings. The molecule has 1 saturated carbocycles. The summed E-state index contributed by atoms with van der Waals surface area (Å²) >= 11 is 0. The number of hydrogen-bond acceptors (Lipinski definition) is 12. The molecule has 1 aliphatic carbocycles. The average Bonchev–Trinajstić information content (AvgIpc) is 3.79. The minimum Gasteiger partial charge on any atom is -0.497 e. The van der Waals surface area contributed by atoms with Crippen LogP contribution in [0, 0.1) is 17.3 Å². The number of ether oxygens (including phenoxy) is 1. The van der Waals surface area contributed by atoms with Crippen molar-refractivity contribution in [3.63, 3.8) is 0 Å². The lowest BCUT2D eigenvalue weighted by molar-refractivity contribution is -0.141. The minimum absolute atomic E-state index is 0.0245. The Bertz CT molecular complexity index is 2360. The number of likely N-dealkylation sites (tertiary alicyclic amines) is 1. The van der Waals surface area contributed by atoms with Gasteiger partial charge in [-0.2, -0.15) is 0 Å². The first kappa shape index (κ1) is 54.5. The highest BCUT2D eigenvalue weighted by Gasteiger charge is 2.45. The molecular formula is C50H67N11O10. The number of rotatable bonds is 20. The second kappa shape index (κ2) is 25.4. The molecule has 0 bridgehead atoms. The van der Waals surface area contributed by atoms with E-state index in [2.05, 4.69) is 47.2 Å². The number of para-hydroxylation sites is 1. The molecule has 21 heteroatoms. The number of hydrogen-bond donors (Lipinski definition) is 7. The summed E-state index contributed by atoms with van der Waals surface area (Å²) < 4.78 is 5.19. The van der Waals surface area contributed by atoms with Gasteiger partial charge in [0, 0.05) is 45.3 Å². The highest BCUT2D eigenvalue weighted by atomic mass is 16.5. The van der Waals surface area contributed by atoms with Crippen LogP contribution in [0.5, 0.6) is 5.75 Å². The molecule has 1 aliphatic heterocycles. The lowest BCUT2D eigenvalue weighted by atomic mass is 9.82. The van der Waals surface area contributed by atoms with Crippen LogP contribution in [-0.4, -0.2) is 138 Å². The van der Waals surface area contributed by atoms with Crippen LogP contribution in [0.15, 0.2) is 73.2 Å². The van der Waals surface area contributed by atoms with Crippen molar-refractivity contribution in [1.29, 1.82) is 0 Å². The van der Waals surface area contributed by atoms with Crippen molar-refractivity contribution in [3.05, 3.63) is 84.4 Å². The SMILES string of the molecule is CCC[C@H](NC(=O)[C@@H]1CN(C(=O)Nc2ccccc2)C[C@@H]1NC(=O)[C@@H](NC(=O)[C@@H](NC(=O)c1cnccn1)C1CCCCC1)C(C)(C)C)C(=O)C(=O)NCC(=O)N[C@H](C(=O)N(C)C)c1ccc(OC)cc1. The number of aromatic nitrogens is 2. The van der Waals surface area contributed by atoms with Gasteiger partial charge in [-0.05, 0) is 60.4 Å². The topological polar surface area (TPSA) is 279 Å². The molecule has 3 aromatic rings. The van der Waals surface area contributed by atoms with Crippen molar-refractivity contribution in [3.8, 4) is 5.75 Å². The number of ketones is 1. The van der Waals surface area contributed by atoms with Crippen LogP contribution >= 0.6 is 0 Å². The second-order valence-electron chi connectivity index (χ2n) is 19.1. The van der Waals surface area contributed by atoms with E-state index in [0.29, 0.717) is 36.3 Å². The molecule has 2 fully saturated rings. The Morgan fingerprint density at radius 3 is 2.13 bits per heavy atom. The molecule has 0 spiro atoms. The summed E-state index contributed by atoms with van der Waals surface area (Å²) in [6.07, 6.45) is 8.52. The first-order valence-corrected chi connectivity index (χ1v) is 23.9. The maximum atomic E-state index is 14.5. The monoisotopic (exact) mass is 982 g/mol. The van der Waals surface area contributed by atoms with Crippen molar-refractivity contribution in [2.75, 3.05) is 46.2 Å². The maximum absolute atomic E-state index is 14.5. The number of Topliss-reactive ketones (excluding diaryl/α,β-unsaturated/α-hetero) is 1. The van der Waals surface area contributed by atoms with Gasteiger partial charge in [0.25, 0.3) is 11.8 Å². The Labute approximate surface area is 413 Å². The third-order valence-electron chi connectivity index (χ3n) is 12.5. The normalized spacial score (nSPS) is 17.5. The lowest BCUT2D eigenvalue weighted by Gasteiger charge is -2.35. The third-order valence-corrected chi connectivity index (χ3v) is 12.5. The molecule has 0 radical (unpaired) electrons. The second-order valence-corrected chi connectivity index (χ2v) is 19.1. The van der Waals surface area contributed by atoms with Crippen molar-refractivity contribution in [1.82, 2.24) is 51.7 Å². The highest BCUT2D eigenvalue weighted by molar-refractivity contribution is 6.38. The molecule has 7 N–H and O–H groups in total. The van der Waals surface area contributed by atoms with E-state index in [0.717, 1.165) is 19.3 Å². The molecular weight excluding hydrogens is 915 g/mol. The number of amides is 9. The number of likely N-dealkylation sites (N-methyl/N-ethyl adjacent to an activating group) is 1. The first-order valence-electron chi connectivity index (χ1n) is 23.9. The number of anilines is 1. The molecule has 382 valence electrons. The van der Waals surface area contributed by atoms with Gasteiger partial charge in [0.05, 0.1) is 37.9 Å². The minimum atomic E-state index is -1.36. The largest absolute Gasteiger partial charge is 0.497 e. The number of nitrogens with one attached hydrogen (secondary N) is 7. The summed E-state index contributed by atoms with van der Waals surface area (Å²) in [6, 6.07) is 8.79. The van der Waals surface area contributed by atoms with Gasteiger partial charge in [0.1, 0.15) is 29.6 Å². The smallest absolute Gasteiger partial charge is 0.321 e. The first-order chi connectivity index (χ1) is 33.8. The van der Waals surface area contributed by atoms with Gasteiger partial charge in [-0.25, -0.2) is 9.78 Å². The molecule has 5 rings (SSSR count).